The predicted molar refractivity (Wildman–Crippen MR) is 117 cm³/mol. The van der Waals surface area contributed by atoms with Crippen LogP contribution in [0.3, 0.4) is 0 Å². The molecule has 1 saturated carbocycles. The van der Waals surface area contributed by atoms with Gasteiger partial charge in [0.1, 0.15) is 0 Å². The van der Waals surface area contributed by atoms with E-state index in [2.05, 4.69) is 34.2 Å². The van der Waals surface area contributed by atoms with E-state index in [1.807, 2.05) is 12.1 Å². The molecule has 1 fully saturated rings. The lowest BCUT2D eigenvalue weighted by molar-refractivity contribution is 0.481. The molecule has 1 aliphatic rings. The van der Waals surface area contributed by atoms with Crippen molar-refractivity contribution in [2.75, 3.05) is 13.6 Å². The summed E-state index contributed by atoms with van der Waals surface area (Å²) in [5.41, 5.74) is 1.01. The Morgan fingerprint density at radius 1 is 1.15 bits per heavy atom. The van der Waals surface area contributed by atoms with Crippen molar-refractivity contribution in [3.8, 4) is 0 Å². The lowest BCUT2D eigenvalue weighted by atomic mass is 10.0. The van der Waals surface area contributed by atoms with Crippen LogP contribution in [0.5, 0.6) is 0 Å². The second-order valence-corrected chi connectivity index (χ2v) is 8.24. The van der Waals surface area contributed by atoms with Crippen LogP contribution in [-0.2, 0) is 16.6 Å². The zero-order chi connectivity index (χ0) is 18.3. The molecule has 0 unspecified atom stereocenters. The number of halogens is 1. The Labute approximate surface area is 174 Å². The highest BCUT2D eigenvalue weighted by molar-refractivity contribution is 14.0. The zero-order valence-corrected chi connectivity index (χ0v) is 18.9. The van der Waals surface area contributed by atoms with Gasteiger partial charge >= 0.3 is 0 Å². The molecule has 3 N–H and O–H groups in total. The van der Waals surface area contributed by atoms with Crippen molar-refractivity contribution in [2.24, 2.45) is 10.9 Å². The van der Waals surface area contributed by atoms with Gasteiger partial charge in [-0.1, -0.05) is 38.8 Å². The van der Waals surface area contributed by atoms with Crippen molar-refractivity contribution in [1.29, 1.82) is 0 Å². The van der Waals surface area contributed by atoms with Crippen LogP contribution in [-0.4, -0.2) is 34.0 Å². The van der Waals surface area contributed by atoms with Gasteiger partial charge in [0.2, 0.25) is 10.0 Å². The SMILES string of the molecule is CCC(CC)CNC(=NC)NCc1ccc(S(=O)(=O)NC2CC2)cc1.I. The van der Waals surface area contributed by atoms with Crippen LogP contribution in [0.15, 0.2) is 34.2 Å². The van der Waals surface area contributed by atoms with E-state index >= 15 is 0 Å². The molecule has 1 aromatic carbocycles. The fourth-order valence-electron chi connectivity index (χ4n) is 2.50. The lowest BCUT2D eigenvalue weighted by Crippen LogP contribution is -2.39. The van der Waals surface area contributed by atoms with E-state index in [4.69, 9.17) is 0 Å². The van der Waals surface area contributed by atoms with Crippen molar-refractivity contribution >= 4 is 40.0 Å². The van der Waals surface area contributed by atoms with Gasteiger partial charge in [0.15, 0.2) is 5.96 Å². The average Bonchev–Trinajstić information content (AvgIpc) is 3.42. The van der Waals surface area contributed by atoms with Crippen LogP contribution >= 0.6 is 24.0 Å². The van der Waals surface area contributed by atoms with Gasteiger partial charge in [-0.3, -0.25) is 4.99 Å². The number of aliphatic imine (C=N–C) groups is 1. The van der Waals surface area contributed by atoms with Crippen LogP contribution in [0.25, 0.3) is 0 Å². The van der Waals surface area contributed by atoms with Gasteiger partial charge in [0.05, 0.1) is 4.90 Å². The molecule has 0 aromatic heterocycles. The highest BCUT2D eigenvalue weighted by Gasteiger charge is 2.27. The summed E-state index contributed by atoms with van der Waals surface area (Å²) in [6.45, 7) is 5.88. The van der Waals surface area contributed by atoms with E-state index in [9.17, 15) is 8.42 Å². The summed E-state index contributed by atoms with van der Waals surface area (Å²) in [6, 6.07) is 7.10. The Morgan fingerprint density at radius 3 is 2.27 bits per heavy atom. The first-order valence-corrected chi connectivity index (χ1v) is 10.5. The molecule has 2 rings (SSSR count). The van der Waals surface area contributed by atoms with Gasteiger partial charge in [0.25, 0.3) is 0 Å². The molecule has 0 bridgehead atoms. The summed E-state index contributed by atoms with van der Waals surface area (Å²) in [5.74, 6) is 1.40. The van der Waals surface area contributed by atoms with E-state index in [1.54, 1.807) is 19.2 Å². The summed E-state index contributed by atoms with van der Waals surface area (Å²) in [7, 11) is -1.63. The van der Waals surface area contributed by atoms with Gasteiger partial charge in [-0.25, -0.2) is 13.1 Å². The quantitative estimate of drug-likeness (QED) is 0.280. The first-order valence-electron chi connectivity index (χ1n) is 9.04. The largest absolute Gasteiger partial charge is 0.356 e. The topological polar surface area (TPSA) is 82.6 Å². The van der Waals surface area contributed by atoms with Gasteiger partial charge in [0, 0.05) is 26.2 Å². The molecule has 0 spiro atoms. The number of rotatable bonds is 9. The number of guanidine groups is 1. The molecule has 0 atom stereocenters. The minimum Gasteiger partial charge on any atom is -0.356 e. The molecule has 0 aliphatic heterocycles. The smallest absolute Gasteiger partial charge is 0.240 e. The second kappa shape index (κ2) is 11.1. The molecule has 26 heavy (non-hydrogen) atoms. The Balaban J connectivity index is 0.00000338. The van der Waals surface area contributed by atoms with Crippen LogP contribution in [0.4, 0.5) is 0 Å². The molecule has 8 heteroatoms. The highest BCUT2D eigenvalue weighted by atomic mass is 127. The van der Waals surface area contributed by atoms with Crippen LogP contribution in [0.1, 0.15) is 45.1 Å². The number of hydrogen-bond donors (Lipinski definition) is 3. The summed E-state index contributed by atoms with van der Waals surface area (Å²) < 4.78 is 27.0. The minimum absolute atomic E-state index is 0. The number of nitrogens with one attached hydrogen (secondary N) is 3. The highest BCUT2D eigenvalue weighted by Crippen LogP contribution is 2.22. The van der Waals surface area contributed by atoms with Crippen LogP contribution in [0, 0.1) is 5.92 Å². The maximum Gasteiger partial charge on any atom is 0.240 e. The van der Waals surface area contributed by atoms with Crippen LogP contribution in [0.2, 0.25) is 0 Å². The normalized spacial score (nSPS) is 14.8. The summed E-state index contributed by atoms with van der Waals surface area (Å²) in [5, 5.41) is 6.60. The average molecular weight is 494 g/mol. The zero-order valence-electron chi connectivity index (χ0n) is 15.8. The van der Waals surface area contributed by atoms with Gasteiger partial charge in [-0.05, 0) is 36.5 Å². The standard InChI is InChI=1S/C18H30N4O2S.HI/c1-4-14(5-2)12-20-18(19-3)21-13-15-6-10-17(11-7-15)25(23,24)22-16-8-9-16;/h6-7,10-11,14,16,22H,4-5,8-9,12-13H2,1-3H3,(H2,19,20,21);1H. The monoisotopic (exact) mass is 494 g/mol. The number of hydrogen-bond acceptors (Lipinski definition) is 3. The van der Waals surface area contributed by atoms with E-state index in [-0.39, 0.29) is 30.0 Å². The molecule has 0 saturated heterocycles. The van der Waals surface area contributed by atoms with Crippen molar-refractivity contribution in [3.63, 3.8) is 0 Å². The third-order valence-electron chi connectivity index (χ3n) is 4.53. The van der Waals surface area contributed by atoms with Gasteiger partial charge in [-0.15, -0.1) is 24.0 Å². The Kier molecular flexibility index (Phi) is 9.88. The molecular formula is C18H31IN4O2S. The van der Waals surface area contributed by atoms with Gasteiger partial charge < -0.3 is 10.6 Å². The molecule has 0 amide bonds. The third kappa shape index (κ3) is 7.40. The molecule has 0 heterocycles. The predicted octanol–water partition coefficient (Wildman–Crippen LogP) is 2.85. The maximum absolute atomic E-state index is 12.2. The minimum atomic E-state index is -3.38. The van der Waals surface area contributed by atoms with Crippen molar-refractivity contribution in [3.05, 3.63) is 29.8 Å². The van der Waals surface area contributed by atoms with E-state index in [1.165, 1.54) is 0 Å². The fourth-order valence-corrected chi connectivity index (χ4v) is 3.80. The summed E-state index contributed by atoms with van der Waals surface area (Å²) in [4.78, 5) is 4.55. The summed E-state index contributed by atoms with van der Waals surface area (Å²) >= 11 is 0. The Hall–Kier alpha value is -0.870. The third-order valence-corrected chi connectivity index (χ3v) is 6.07. The summed E-state index contributed by atoms with van der Waals surface area (Å²) in [6.07, 6.45) is 4.16. The Bertz CT molecular complexity index is 669. The van der Waals surface area contributed by atoms with E-state index < -0.39 is 10.0 Å². The van der Waals surface area contributed by atoms with E-state index in [0.717, 1.165) is 43.8 Å². The number of sulfonamides is 1. The molecule has 0 radical (unpaired) electrons. The van der Waals surface area contributed by atoms with Crippen molar-refractivity contribution in [2.45, 2.75) is 57.0 Å². The molecular weight excluding hydrogens is 463 g/mol. The second-order valence-electron chi connectivity index (χ2n) is 6.53. The van der Waals surface area contributed by atoms with Crippen LogP contribution < -0.4 is 15.4 Å². The number of benzene rings is 1. The van der Waals surface area contributed by atoms with Gasteiger partial charge in [-0.2, -0.15) is 0 Å². The lowest BCUT2D eigenvalue weighted by Gasteiger charge is -2.16. The maximum atomic E-state index is 12.2. The van der Waals surface area contributed by atoms with Crippen molar-refractivity contribution in [1.82, 2.24) is 15.4 Å². The van der Waals surface area contributed by atoms with Crippen molar-refractivity contribution < 1.29 is 8.42 Å². The molecule has 1 aliphatic carbocycles. The number of nitrogens with zero attached hydrogens (tertiary/aromatic N) is 1. The fraction of sp³-hybridized carbons (Fsp3) is 0.611. The molecule has 6 nitrogen and oxygen atoms in total. The first kappa shape index (κ1) is 23.2. The molecule has 1 aromatic rings. The van der Waals surface area contributed by atoms with E-state index in [0.29, 0.717) is 17.4 Å². The Morgan fingerprint density at radius 2 is 1.77 bits per heavy atom. The first-order chi connectivity index (χ1) is 12.0. The molecule has 148 valence electrons.